The molecule has 0 radical (unpaired) electrons. The fourth-order valence-electron chi connectivity index (χ4n) is 2.75. The van der Waals surface area contributed by atoms with E-state index in [1.54, 1.807) is 0 Å². The zero-order valence-electron chi connectivity index (χ0n) is 14.1. The zero-order chi connectivity index (χ0) is 16.3. The van der Waals surface area contributed by atoms with Crippen LogP contribution in [-0.4, -0.2) is 22.3 Å². The lowest BCUT2D eigenvalue weighted by molar-refractivity contribution is 0.0817. The highest BCUT2D eigenvalue weighted by Crippen LogP contribution is 2.22. The van der Waals surface area contributed by atoms with E-state index in [4.69, 9.17) is 4.74 Å². The number of aromatic nitrogens is 2. The molecule has 0 atom stereocenters. The van der Waals surface area contributed by atoms with Crippen molar-refractivity contribution in [2.24, 2.45) is 0 Å². The van der Waals surface area contributed by atoms with Crippen LogP contribution in [0, 0.1) is 27.7 Å². The van der Waals surface area contributed by atoms with Crippen molar-refractivity contribution >= 4 is 5.91 Å². The van der Waals surface area contributed by atoms with E-state index in [1.165, 1.54) is 10.2 Å². The van der Waals surface area contributed by atoms with Crippen LogP contribution < -0.4 is 4.74 Å². The van der Waals surface area contributed by atoms with E-state index in [0.29, 0.717) is 0 Å². The number of nitrogens with zero attached hydrogens (tertiary/aromatic N) is 2. The summed E-state index contributed by atoms with van der Waals surface area (Å²) in [4.78, 5) is 12.4. The Bertz CT molecular complexity index is 666. The van der Waals surface area contributed by atoms with Crippen LogP contribution in [0.25, 0.3) is 0 Å². The summed E-state index contributed by atoms with van der Waals surface area (Å²) in [6.45, 7) is 9.99. The van der Waals surface area contributed by atoms with Gasteiger partial charge in [-0.1, -0.05) is 31.5 Å². The maximum atomic E-state index is 12.4. The highest BCUT2D eigenvalue weighted by atomic mass is 16.5. The smallest absolute Gasteiger partial charge is 0.284 e. The number of carbonyl (C=O) groups is 1. The van der Waals surface area contributed by atoms with Gasteiger partial charge in [0.15, 0.2) is 6.61 Å². The number of benzene rings is 1. The molecular formula is C18H24N2O2. The van der Waals surface area contributed by atoms with Crippen LogP contribution in [-0.2, 0) is 6.42 Å². The molecule has 0 N–H and O–H groups in total. The van der Waals surface area contributed by atoms with Crippen LogP contribution in [0.15, 0.2) is 18.2 Å². The summed E-state index contributed by atoms with van der Waals surface area (Å²) in [5.74, 6) is 0.650. The topological polar surface area (TPSA) is 44.1 Å². The van der Waals surface area contributed by atoms with Crippen molar-refractivity contribution < 1.29 is 9.53 Å². The molecule has 0 spiro atoms. The van der Waals surface area contributed by atoms with E-state index in [0.717, 1.165) is 41.1 Å². The molecule has 0 saturated heterocycles. The Morgan fingerprint density at radius 3 is 2.41 bits per heavy atom. The first kappa shape index (κ1) is 16.3. The number of para-hydroxylation sites is 1. The fourth-order valence-corrected chi connectivity index (χ4v) is 2.75. The number of hydrogen-bond donors (Lipinski definition) is 0. The fraction of sp³-hybridized carbons (Fsp3) is 0.444. The van der Waals surface area contributed by atoms with Crippen LogP contribution in [0.5, 0.6) is 5.75 Å². The van der Waals surface area contributed by atoms with Crippen LogP contribution in [0.3, 0.4) is 0 Å². The van der Waals surface area contributed by atoms with E-state index in [9.17, 15) is 4.79 Å². The van der Waals surface area contributed by atoms with E-state index in [1.807, 2.05) is 45.9 Å². The largest absolute Gasteiger partial charge is 0.483 e. The molecule has 0 aliphatic rings. The maximum absolute atomic E-state index is 12.4. The molecule has 1 aromatic heterocycles. The van der Waals surface area contributed by atoms with Gasteiger partial charge in [-0.05, 0) is 50.8 Å². The number of rotatable bonds is 5. The zero-order valence-corrected chi connectivity index (χ0v) is 14.1. The van der Waals surface area contributed by atoms with Crippen molar-refractivity contribution in [1.82, 2.24) is 9.78 Å². The standard InChI is InChI=1S/C18H24N2O2/c1-6-8-16-14(4)19-20(15(16)5)17(21)11-22-18-12(2)9-7-10-13(18)3/h7,9-10H,6,8,11H2,1-5H3. The van der Waals surface area contributed by atoms with Crippen molar-refractivity contribution in [2.75, 3.05) is 6.61 Å². The monoisotopic (exact) mass is 300 g/mol. The summed E-state index contributed by atoms with van der Waals surface area (Å²) in [6, 6.07) is 5.95. The Balaban J connectivity index is 2.15. The third-order valence-corrected chi connectivity index (χ3v) is 3.93. The summed E-state index contributed by atoms with van der Waals surface area (Å²) in [6.07, 6.45) is 1.99. The van der Waals surface area contributed by atoms with E-state index in [-0.39, 0.29) is 12.5 Å². The molecule has 2 rings (SSSR count). The summed E-state index contributed by atoms with van der Waals surface area (Å²) in [7, 11) is 0. The first-order chi connectivity index (χ1) is 10.5. The Kier molecular flexibility index (Phi) is 5.01. The second-order valence-corrected chi connectivity index (χ2v) is 5.71. The predicted octanol–water partition coefficient (Wildman–Crippen LogP) is 3.79. The minimum atomic E-state index is -0.134. The van der Waals surface area contributed by atoms with Crippen molar-refractivity contribution in [3.8, 4) is 5.75 Å². The lowest BCUT2D eigenvalue weighted by Gasteiger charge is -2.11. The molecule has 4 heteroatoms. The van der Waals surface area contributed by atoms with Crippen molar-refractivity contribution in [1.29, 1.82) is 0 Å². The lowest BCUT2D eigenvalue weighted by atomic mass is 10.1. The molecule has 2 aromatic rings. The third-order valence-electron chi connectivity index (χ3n) is 3.93. The highest BCUT2D eigenvalue weighted by Gasteiger charge is 2.17. The number of aryl methyl sites for hydroxylation is 3. The van der Waals surface area contributed by atoms with Gasteiger partial charge in [0.05, 0.1) is 5.69 Å². The SMILES string of the molecule is CCCc1c(C)nn(C(=O)COc2c(C)cccc2C)c1C. The minimum absolute atomic E-state index is 0.000775. The van der Waals surface area contributed by atoms with Crippen LogP contribution in [0.2, 0.25) is 0 Å². The molecule has 0 unspecified atom stereocenters. The molecule has 0 amide bonds. The first-order valence-electron chi connectivity index (χ1n) is 7.73. The molecule has 0 bridgehead atoms. The van der Waals surface area contributed by atoms with Crippen molar-refractivity contribution in [2.45, 2.75) is 47.5 Å². The summed E-state index contributed by atoms with van der Waals surface area (Å²) < 4.78 is 7.22. The lowest BCUT2D eigenvalue weighted by Crippen LogP contribution is -2.22. The van der Waals surface area contributed by atoms with Crippen LogP contribution >= 0.6 is 0 Å². The van der Waals surface area contributed by atoms with Crippen molar-refractivity contribution in [3.05, 3.63) is 46.3 Å². The highest BCUT2D eigenvalue weighted by molar-refractivity contribution is 5.80. The number of carbonyl (C=O) groups excluding carboxylic acids is 1. The Hall–Kier alpha value is -2.10. The van der Waals surface area contributed by atoms with Gasteiger partial charge in [0.1, 0.15) is 5.75 Å². The van der Waals surface area contributed by atoms with Gasteiger partial charge in [-0.3, -0.25) is 4.79 Å². The quantitative estimate of drug-likeness (QED) is 0.844. The molecule has 1 aromatic carbocycles. The second-order valence-electron chi connectivity index (χ2n) is 5.71. The molecule has 0 aliphatic carbocycles. The Morgan fingerprint density at radius 1 is 1.18 bits per heavy atom. The molecule has 0 aliphatic heterocycles. The summed E-state index contributed by atoms with van der Waals surface area (Å²) in [5.41, 5.74) is 5.10. The molecule has 22 heavy (non-hydrogen) atoms. The average molecular weight is 300 g/mol. The van der Waals surface area contributed by atoms with E-state index >= 15 is 0 Å². The Labute approximate surface area is 132 Å². The van der Waals surface area contributed by atoms with Gasteiger partial charge in [0.2, 0.25) is 0 Å². The van der Waals surface area contributed by atoms with E-state index < -0.39 is 0 Å². The van der Waals surface area contributed by atoms with Gasteiger partial charge in [-0.25, -0.2) is 4.68 Å². The van der Waals surface area contributed by atoms with Gasteiger partial charge in [0, 0.05) is 5.69 Å². The third kappa shape index (κ3) is 3.21. The molecule has 118 valence electrons. The van der Waals surface area contributed by atoms with Crippen molar-refractivity contribution in [3.63, 3.8) is 0 Å². The molecule has 1 heterocycles. The Morgan fingerprint density at radius 2 is 1.82 bits per heavy atom. The van der Waals surface area contributed by atoms with Crippen LogP contribution in [0.1, 0.15) is 46.2 Å². The first-order valence-corrected chi connectivity index (χ1v) is 7.73. The molecule has 4 nitrogen and oxygen atoms in total. The van der Waals surface area contributed by atoms with Gasteiger partial charge in [-0.2, -0.15) is 5.10 Å². The second kappa shape index (κ2) is 6.77. The van der Waals surface area contributed by atoms with Gasteiger partial charge in [-0.15, -0.1) is 0 Å². The number of hydrogen-bond acceptors (Lipinski definition) is 3. The summed E-state index contributed by atoms with van der Waals surface area (Å²) >= 11 is 0. The van der Waals surface area contributed by atoms with Gasteiger partial charge in [0.25, 0.3) is 5.91 Å². The van der Waals surface area contributed by atoms with Gasteiger partial charge >= 0.3 is 0 Å². The average Bonchev–Trinajstić information content (AvgIpc) is 2.75. The normalized spacial score (nSPS) is 10.8. The molecular weight excluding hydrogens is 276 g/mol. The minimum Gasteiger partial charge on any atom is -0.483 e. The maximum Gasteiger partial charge on any atom is 0.284 e. The van der Waals surface area contributed by atoms with Gasteiger partial charge < -0.3 is 4.74 Å². The van der Waals surface area contributed by atoms with Crippen LogP contribution in [0.4, 0.5) is 0 Å². The summed E-state index contributed by atoms with van der Waals surface area (Å²) in [5, 5.41) is 4.37. The van der Waals surface area contributed by atoms with E-state index in [2.05, 4.69) is 12.0 Å². The molecule has 0 fully saturated rings. The number of ether oxygens (including phenoxy) is 1. The predicted molar refractivity (Wildman–Crippen MR) is 87.7 cm³/mol. The molecule has 0 saturated carbocycles.